The Labute approximate surface area is 184 Å². The first-order valence-electron chi connectivity index (χ1n) is 9.02. The molecule has 0 unspecified atom stereocenters. The van der Waals surface area contributed by atoms with E-state index in [0.29, 0.717) is 28.9 Å². The lowest BCUT2D eigenvalue weighted by Crippen LogP contribution is -2.07. The normalized spacial score (nSPS) is 10.8. The smallest absolute Gasteiger partial charge is 0.373 e. The fourth-order valence-corrected chi connectivity index (χ4v) is 3.47. The third-order valence-electron chi connectivity index (χ3n) is 4.20. The molecule has 32 heavy (non-hydrogen) atoms. The second-order valence-corrected chi connectivity index (χ2v) is 7.14. The summed E-state index contributed by atoms with van der Waals surface area (Å²) in [6.07, 6.45) is -2.13. The first-order chi connectivity index (χ1) is 15.2. The molecule has 3 N–H and O–H groups in total. The number of aromatic nitrogens is 1. The van der Waals surface area contributed by atoms with Crippen molar-refractivity contribution < 1.29 is 22.0 Å². The van der Waals surface area contributed by atoms with Gasteiger partial charge in [-0.05, 0) is 42.3 Å². The summed E-state index contributed by atoms with van der Waals surface area (Å²) in [4.78, 5) is 3.91. The van der Waals surface area contributed by atoms with Crippen LogP contribution in [0.4, 0.5) is 33.5 Å². The SMILES string of the molecule is CNc1ncc(C#Cc2c(F)ccc(NSc3ccccc3C(F)(F)F)c2F)cc1C=N. The van der Waals surface area contributed by atoms with Crippen LogP contribution >= 0.6 is 11.9 Å². The van der Waals surface area contributed by atoms with Crippen molar-refractivity contribution >= 4 is 29.7 Å². The van der Waals surface area contributed by atoms with E-state index in [1.165, 1.54) is 30.5 Å². The average Bonchev–Trinajstić information content (AvgIpc) is 2.77. The van der Waals surface area contributed by atoms with Gasteiger partial charge in [0.2, 0.25) is 0 Å². The fourth-order valence-electron chi connectivity index (χ4n) is 2.65. The van der Waals surface area contributed by atoms with Gasteiger partial charge >= 0.3 is 6.18 Å². The summed E-state index contributed by atoms with van der Waals surface area (Å²) in [5, 5.41) is 10.2. The molecular formula is C22H15F5N4S. The fraction of sp³-hybridized carbons (Fsp3) is 0.0909. The van der Waals surface area contributed by atoms with Crippen LogP contribution in [0.2, 0.25) is 0 Å². The van der Waals surface area contributed by atoms with E-state index in [-0.39, 0.29) is 10.6 Å². The van der Waals surface area contributed by atoms with Gasteiger partial charge in [0, 0.05) is 35.5 Å². The highest BCUT2D eigenvalue weighted by atomic mass is 32.2. The zero-order valence-electron chi connectivity index (χ0n) is 16.4. The number of nitrogens with one attached hydrogen (secondary N) is 3. The van der Waals surface area contributed by atoms with Gasteiger partial charge in [-0.25, -0.2) is 13.8 Å². The first kappa shape index (κ1) is 23.1. The Kier molecular flexibility index (Phi) is 7.00. The van der Waals surface area contributed by atoms with Gasteiger partial charge in [-0.3, -0.25) is 0 Å². The number of halogens is 5. The molecule has 3 rings (SSSR count). The minimum absolute atomic E-state index is 0.161. The van der Waals surface area contributed by atoms with Crippen molar-refractivity contribution in [3.8, 4) is 11.8 Å². The van der Waals surface area contributed by atoms with Crippen LogP contribution in [0.25, 0.3) is 0 Å². The predicted octanol–water partition coefficient (Wildman–Crippen LogP) is 5.94. The Morgan fingerprint density at radius 3 is 2.53 bits per heavy atom. The average molecular weight is 462 g/mol. The number of pyridine rings is 1. The Bertz CT molecular complexity index is 1220. The van der Waals surface area contributed by atoms with Crippen molar-refractivity contribution in [3.05, 3.63) is 82.5 Å². The molecule has 164 valence electrons. The standard InChI is InChI=1S/C22H15F5N4S/c1-29-21-14(11-28)10-13(12-30-21)6-7-15-17(23)8-9-18(20(15)24)31-32-19-5-3-2-4-16(19)22(25,26)27/h2-5,8-12,28,31H,1H3,(H,29,30). The Morgan fingerprint density at radius 2 is 1.84 bits per heavy atom. The Morgan fingerprint density at radius 1 is 1.09 bits per heavy atom. The highest BCUT2D eigenvalue weighted by Gasteiger charge is 2.33. The van der Waals surface area contributed by atoms with Gasteiger partial charge in [0.25, 0.3) is 0 Å². The zero-order chi connectivity index (χ0) is 23.3. The minimum atomic E-state index is -4.57. The molecule has 0 bridgehead atoms. The van der Waals surface area contributed by atoms with Gasteiger partial charge in [-0.15, -0.1) is 0 Å². The van der Waals surface area contributed by atoms with Gasteiger partial charge in [-0.1, -0.05) is 24.0 Å². The Hall–Kier alpha value is -3.58. The highest BCUT2D eigenvalue weighted by molar-refractivity contribution is 8.00. The molecule has 4 nitrogen and oxygen atoms in total. The van der Waals surface area contributed by atoms with Crippen LogP contribution in [-0.2, 0) is 6.18 Å². The number of hydrogen-bond acceptors (Lipinski definition) is 5. The molecule has 2 aromatic carbocycles. The van der Waals surface area contributed by atoms with Crippen molar-refractivity contribution in [2.45, 2.75) is 11.1 Å². The molecule has 10 heteroatoms. The lowest BCUT2D eigenvalue weighted by Gasteiger charge is -2.13. The van der Waals surface area contributed by atoms with Crippen LogP contribution < -0.4 is 10.0 Å². The molecule has 1 heterocycles. The van der Waals surface area contributed by atoms with E-state index >= 15 is 0 Å². The van der Waals surface area contributed by atoms with Gasteiger partial charge in [0.15, 0.2) is 5.82 Å². The summed E-state index contributed by atoms with van der Waals surface area (Å²) in [6.45, 7) is 0. The topological polar surface area (TPSA) is 60.8 Å². The van der Waals surface area contributed by atoms with E-state index in [9.17, 15) is 22.0 Å². The molecule has 0 aliphatic carbocycles. The Balaban J connectivity index is 1.88. The van der Waals surface area contributed by atoms with E-state index < -0.39 is 28.9 Å². The van der Waals surface area contributed by atoms with Crippen LogP contribution in [0.5, 0.6) is 0 Å². The predicted molar refractivity (Wildman–Crippen MR) is 115 cm³/mol. The molecule has 0 amide bonds. The van der Waals surface area contributed by atoms with Crippen LogP contribution in [0.1, 0.15) is 22.3 Å². The molecule has 0 radical (unpaired) electrons. The summed E-state index contributed by atoms with van der Waals surface area (Å²) < 4.78 is 70.9. The van der Waals surface area contributed by atoms with Gasteiger partial charge in [0.1, 0.15) is 11.6 Å². The molecule has 3 aromatic rings. The maximum atomic E-state index is 14.8. The second-order valence-electron chi connectivity index (χ2n) is 6.29. The molecule has 0 fully saturated rings. The molecular weight excluding hydrogens is 447 g/mol. The van der Waals surface area contributed by atoms with Gasteiger partial charge in [-0.2, -0.15) is 13.2 Å². The molecule has 0 spiro atoms. The minimum Gasteiger partial charge on any atom is -0.373 e. The van der Waals surface area contributed by atoms with E-state index in [2.05, 4.69) is 26.9 Å². The molecule has 0 aliphatic rings. The lowest BCUT2D eigenvalue weighted by atomic mass is 10.1. The number of nitrogens with zero attached hydrogens (tertiary/aromatic N) is 1. The van der Waals surface area contributed by atoms with Crippen molar-refractivity contribution in [2.75, 3.05) is 17.1 Å². The highest BCUT2D eigenvalue weighted by Crippen LogP contribution is 2.37. The van der Waals surface area contributed by atoms with Crippen molar-refractivity contribution in [1.82, 2.24) is 4.98 Å². The summed E-state index contributed by atoms with van der Waals surface area (Å²) in [5.74, 6) is 3.47. The zero-order valence-corrected chi connectivity index (χ0v) is 17.3. The second kappa shape index (κ2) is 9.70. The van der Waals surface area contributed by atoms with Crippen LogP contribution in [0.15, 0.2) is 53.6 Å². The maximum Gasteiger partial charge on any atom is 0.417 e. The first-order valence-corrected chi connectivity index (χ1v) is 9.83. The summed E-state index contributed by atoms with van der Waals surface area (Å²) in [5.41, 5.74) is -0.876. The largest absolute Gasteiger partial charge is 0.417 e. The van der Waals surface area contributed by atoms with Crippen LogP contribution in [-0.4, -0.2) is 18.2 Å². The monoisotopic (exact) mass is 462 g/mol. The molecule has 0 atom stereocenters. The number of anilines is 2. The molecule has 0 aliphatic heterocycles. The number of hydrogen-bond donors (Lipinski definition) is 3. The van der Waals surface area contributed by atoms with Crippen molar-refractivity contribution in [2.24, 2.45) is 0 Å². The van der Waals surface area contributed by atoms with E-state index in [1.807, 2.05) is 0 Å². The number of rotatable bonds is 5. The molecule has 0 saturated carbocycles. The van der Waals surface area contributed by atoms with Crippen LogP contribution in [0.3, 0.4) is 0 Å². The third-order valence-corrected chi connectivity index (χ3v) is 5.09. The van der Waals surface area contributed by atoms with Gasteiger partial charge < -0.3 is 15.4 Å². The van der Waals surface area contributed by atoms with Gasteiger partial charge in [0.05, 0.1) is 16.8 Å². The number of benzene rings is 2. The quantitative estimate of drug-likeness (QED) is 0.190. The van der Waals surface area contributed by atoms with E-state index in [0.717, 1.165) is 24.4 Å². The van der Waals surface area contributed by atoms with E-state index in [4.69, 9.17) is 5.41 Å². The van der Waals surface area contributed by atoms with E-state index in [1.54, 1.807) is 7.05 Å². The summed E-state index contributed by atoms with van der Waals surface area (Å²) >= 11 is 0.557. The van der Waals surface area contributed by atoms with Crippen molar-refractivity contribution in [1.29, 1.82) is 5.41 Å². The third kappa shape index (κ3) is 5.18. The number of alkyl halides is 3. The maximum absolute atomic E-state index is 14.8. The molecule has 0 saturated heterocycles. The lowest BCUT2D eigenvalue weighted by molar-refractivity contribution is -0.139. The van der Waals surface area contributed by atoms with Crippen molar-refractivity contribution in [3.63, 3.8) is 0 Å². The summed E-state index contributed by atoms with van der Waals surface area (Å²) in [6, 6.07) is 8.41. The van der Waals surface area contributed by atoms with Crippen LogP contribution in [0, 0.1) is 28.9 Å². The molecule has 1 aromatic heterocycles. The summed E-state index contributed by atoms with van der Waals surface area (Å²) in [7, 11) is 1.63.